The lowest BCUT2D eigenvalue weighted by Gasteiger charge is -2.03. The van der Waals surface area contributed by atoms with Gasteiger partial charge in [-0.15, -0.1) is 0 Å². The van der Waals surface area contributed by atoms with Crippen molar-refractivity contribution in [3.8, 4) is 11.5 Å². The summed E-state index contributed by atoms with van der Waals surface area (Å²) in [5.74, 6) is 1.74. The summed E-state index contributed by atoms with van der Waals surface area (Å²) in [7, 11) is 0. The Hall–Kier alpha value is -1.65. The topological polar surface area (TPSA) is 22.1 Å². The third-order valence-electron chi connectivity index (χ3n) is 2.44. The van der Waals surface area contributed by atoms with Gasteiger partial charge in [0.05, 0.1) is 4.47 Å². The molecule has 0 spiro atoms. The van der Waals surface area contributed by atoms with Gasteiger partial charge < -0.3 is 4.74 Å². The van der Waals surface area contributed by atoms with E-state index in [2.05, 4.69) is 36.8 Å². The third-order valence-corrected chi connectivity index (χ3v) is 4.24. The van der Waals surface area contributed by atoms with Crippen LogP contribution in [0.15, 0.2) is 88.1 Å². The molecule has 0 saturated heterocycles. The summed E-state index contributed by atoms with van der Waals surface area (Å²) in [4.78, 5) is 3.95. The van der Waals surface area contributed by atoms with Crippen molar-refractivity contribution in [2.75, 3.05) is 0 Å². The van der Waals surface area contributed by atoms with Crippen LogP contribution in [0.25, 0.3) is 0 Å². The minimum Gasteiger partial charge on any atom is -0.457 e. The predicted molar refractivity (Wildman–Crippen MR) is 92.6 cm³/mol. The highest BCUT2D eigenvalue weighted by Gasteiger charge is 1.92. The molecule has 0 atom stereocenters. The first kappa shape index (κ1) is 15.7. The molecule has 0 unspecified atom stereocenters. The smallest absolute Gasteiger partial charge is 0.127 e. The second kappa shape index (κ2) is 8.60. The minimum absolute atomic E-state index is 0.847. The molecule has 21 heavy (non-hydrogen) atoms. The summed E-state index contributed by atoms with van der Waals surface area (Å²) >= 11 is 6.52. The van der Waals surface area contributed by atoms with Crippen molar-refractivity contribution in [3.63, 3.8) is 0 Å². The fraction of sp³-hybridized carbons (Fsp3) is 0. The lowest BCUT2D eigenvalue weighted by atomic mass is 10.3. The van der Waals surface area contributed by atoms with Gasteiger partial charge in [0.2, 0.25) is 0 Å². The Morgan fingerprint density at radius 1 is 0.667 bits per heavy atom. The van der Waals surface area contributed by atoms with Crippen LogP contribution < -0.4 is 4.74 Å². The molecule has 3 aromatic rings. The number of ether oxygens (including phenoxy) is 1. The molecule has 2 aromatic carbocycles. The maximum Gasteiger partial charge on any atom is 0.127 e. The van der Waals surface area contributed by atoms with Crippen LogP contribution >= 0.6 is 31.9 Å². The number of halogens is 2. The average molecular weight is 407 g/mol. The van der Waals surface area contributed by atoms with Crippen LogP contribution in [0.1, 0.15) is 0 Å². The van der Waals surface area contributed by atoms with E-state index in [1.54, 1.807) is 6.20 Å². The molecule has 0 amide bonds. The summed E-state index contributed by atoms with van der Waals surface area (Å²) in [6, 6.07) is 23.3. The van der Waals surface area contributed by atoms with Gasteiger partial charge in [0.15, 0.2) is 0 Å². The van der Waals surface area contributed by atoms with Crippen molar-refractivity contribution >= 4 is 31.9 Å². The van der Waals surface area contributed by atoms with Gasteiger partial charge in [-0.05, 0) is 68.3 Å². The summed E-state index contributed by atoms with van der Waals surface area (Å²) < 4.78 is 7.41. The zero-order valence-corrected chi connectivity index (χ0v) is 14.3. The zero-order chi connectivity index (χ0) is 14.9. The molecular formula is C17H13Br2NO. The van der Waals surface area contributed by atoms with E-state index >= 15 is 0 Å². The van der Waals surface area contributed by atoms with E-state index in [9.17, 15) is 0 Å². The van der Waals surface area contributed by atoms with Crippen LogP contribution in [0.4, 0.5) is 0 Å². The Balaban J connectivity index is 0.000000173. The summed E-state index contributed by atoms with van der Waals surface area (Å²) in [6.45, 7) is 0. The number of hydrogen-bond donors (Lipinski definition) is 0. The first-order valence-electron chi connectivity index (χ1n) is 6.29. The summed E-state index contributed by atoms with van der Waals surface area (Å²) in [5.41, 5.74) is 0. The Kier molecular flexibility index (Phi) is 6.44. The lowest BCUT2D eigenvalue weighted by Crippen LogP contribution is -1.81. The molecular weight excluding hydrogens is 394 g/mol. The second-order valence-electron chi connectivity index (χ2n) is 4.00. The largest absolute Gasteiger partial charge is 0.457 e. The number of pyridine rings is 1. The molecule has 0 aliphatic carbocycles. The van der Waals surface area contributed by atoms with E-state index in [-0.39, 0.29) is 0 Å². The molecule has 0 bridgehead atoms. The standard InChI is InChI=1S/C12H10O.C5H3Br2N/c1-3-7-11(8-4-1)13-12-9-5-2-6-10-12;6-4-2-1-3-8-5(4)7/h1-10H;1-3H. The highest BCUT2D eigenvalue weighted by Crippen LogP contribution is 2.19. The minimum atomic E-state index is 0.847. The number of benzene rings is 2. The fourth-order valence-electron chi connectivity index (χ4n) is 1.48. The summed E-state index contributed by atoms with van der Waals surface area (Å²) in [6.07, 6.45) is 1.73. The summed E-state index contributed by atoms with van der Waals surface area (Å²) in [5, 5.41) is 0. The van der Waals surface area contributed by atoms with Gasteiger partial charge in [0.25, 0.3) is 0 Å². The van der Waals surface area contributed by atoms with Gasteiger partial charge in [-0.25, -0.2) is 4.98 Å². The zero-order valence-electron chi connectivity index (χ0n) is 11.1. The predicted octanol–water partition coefficient (Wildman–Crippen LogP) is 6.09. The molecule has 0 aliphatic heterocycles. The molecule has 0 saturated carbocycles. The van der Waals surface area contributed by atoms with E-state index in [4.69, 9.17) is 4.74 Å². The molecule has 2 nitrogen and oxygen atoms in total. The number of nitrogens with zero attached hydrogens (tertiary/aromatic N) is 1. The van der Waals surface area contributed by atoms with Gasteiger partial charge in [-0.2, -0.15) is 0 Å². The monoisotopic (exact) mass is 405 g/mol. The SMILES string of the molecule is Brc1cccnc1Br.c1ccc(Oc2ccccc2)cc1. The van der Waals surface area contributed by atoms with Crippen molar-refractivity contribution in [2.24, 2.45) is 0 Å². The molecule has 106 valence electrons. The fourth-order valence-corrected chi connectivity index (χ4v) is 1.98. The maximum absolute atomic E-state index is 5.58. The highest BCUT2D eigenvalue weighted by molar-refractivity contribution is 9.13. The molecule has 0 aliphatic rings. The van der Waals surface area contributed by atoms with E-state index in [1.807, 2.05) is 72.8 Å². The van der Waals surface area contributed by atoms with Crippen molar-refractivity contribution in [1.82, 2.24) is 4.98 Å². The van der Waals surface area contributed by atoms with Gasteiger partial charge >= 0.3 is 0 Å². The van der Waals surface area contributed by atoms with E-state index in [0.29, 0.717) is 0 Å². The third kappa shape index (κ3) is 5.69. The van der Waals surface area contributed by atoms with Crippen molar-refractivity contribution in [2.45, 2.75) is 0 Å². The van der Waals surface area contributed by atoms with Crippen LogP contribution in [0.5, 0.6) is 11.5 Å². The van der Waals surface area contributed by atoms with Gasteiger partial charge in [0, 0.05) is 6.20 Å². The van der Waals surface area contributed by atoms with Crippen LogP contribution in [0.2, 0.25) is 0 Å². The van der Waals surface area contributed by atoms with Crippen LogP contribution in [0, 0.1) is 0 Å². The Morgan fingerprint density at radius 2 is 1.19 bits per heavy atom. The molecule has 4 heteroatoms. The quantitative estimate of drug-likeness (QED) is 0.480. The maximum atomic E-state index is 5.58. The Labute approximate surface area is 141 Å². The van der Waals surface area contributed by atoms with E-state index in [0.717, 1.165) is 20.6 Å². The normalized spacial score (nSPS) is 9.43. The molecule has 3 rings (SSSR count). The van der Waals surface area contributed by atoms with Gasteiger partial charge in [-0.1, -0.05) is 36.4 Å². The van der Waals surface area contributed by atoms with Crippen LogP contribution in [0.3, 0.4) is 0 Å². The number of para-hydroxylation sites is 2. The second-order valence-corrected chi connectivity index (χ2v) is 5.61. The van der Waals surface area contributed by atoms with Gasteiger partial charge in [-0.3, -0.25) is 0 Å². The van der Waals surface area contributed by atoms with Crippen molar-refractivity contribution in [1.29, 1.82) is 0 Å². The number of hydrogen-bond acceptors (Lipinski definition) is 2. The molecule has 0 fully saturated rings. The van der Waals surface area contributed by atoms with Crippen molar-refractivity contribution in [3.05, 3.63) is 88.1 Å². The average Bonchev–Trinajstić information content (AvgIpc) is 2.53. The lowest BCUT2D eigenvalue weighted by molar-refractivity contribution is 0.482. The first-order chi connectivity index (χ1) is 10.3. The molecule has 0 radical (unpaired) electrons. The molecule has 1 aromatic heterocycles. The van der Waals surface area contributed by atoms with Crippen LogP contribution in [-0.2, 0) is 0 Å². The van der Waals surface area contributed by atoms with Crippen LogP contribution in [-0.4, -0.2) is 4.98 Å². The molecule has 1 heterocycles. The first-order valence-corrected chi connectivity index (χ1v) is 7.88. The van der Waals surface area contributed by atoms with Crippen molar-refractivity contribution < 1.29 is 4.74 Å². The van der Waals surface area contributed by atoms with E-state index in [1.165, 1.54) is 0 Å². The Bertz CT molecular complexity index is 601. The Morgan fingerprint density at radius 3 is 1.57 bits per heavy atom. The highest BCUT2D eigenvalue weighted by atomic mass is 79.9. The molecule has 0 N–H and O–H groups in total. The van der Waals surface area contributed by atoms with Gasteiger partial charge in [0.1, 0.15) is 16.1 Å². The number of rotatable bonds is 2. The number of aromatic nitrogens is 1. The van der Waals surface area contributed by atoms with E-state index < -0.39 is 0 Å².